The zero-order chi connectivity index (χ0) is 13.2. The first-order valence-corrected chi connectivity index (χ1v) is 7.14. The monoisotopic (exact) mass is 256 g/mol. The Balaban J connectivity index is 1.76. The van der Waals surface area contributed by atoms with Crippen LogP contribution in [0.15, 0.2) is 30.5 Å². The zero-order valence-corrected chi connectivity index (χ0v) is 11.4. The fourth-order valence-electron chi connectivity index (χ4n) is 3.03. The quantitative estimate of drug-likeness (QED) is 0.897. The Morgan fingerprint density at radius 2 is 2.32 bits per heavy atom. The zero-order valence-electron chi connectivity index (χ0n) is 11.4. The normalized spacial score (nSPS) is 19.2. The van der Waals surface area contributed by atoms with E-state index in [0.717, 1.165) is 36.0 Å². The van der Waals surface area contributed by atoms with Crippen LogP contribution in [0.4, 0.5) is 0 Å². The molecule has 0 aliphatic carbocycles. The van der Waals surface area contributed by atoms with Crippen LogP contribution in [-0.4, -0.2) is 28.9 Å². The molecule has 3 nitrogen and oxygen atoms in total. The van der Waals surface area contributed by atoms with Crippen LogP contribution in [0, 0.1) is 5.92 Å². The average molecular weight is 256 g/mol. The van der Waals surface area contributed by atoms with Crippen molar-refractivity contribution in [3.8, 4) is 0 Å². The van der Waals surface area contributed by atoms with Gasteiger partial charge in [0.05, 0.1) is 0 Å². The van der Waals surface area contributed by atoms with Gasteiger partial charge in [0.25, 0.3) is 5.91 Å². The molecule has 0 radical (unpaired) electrons. The minimum absolute atomic E-state index is 0.182. The van der Waals surface area contributed by atoms with E-state index in [1.165, 1.54) is 12.8 Å². The Morgan fingerprint density at radius 3 is 3.16 bits per heavy atom. The molecule has 1 atom stereocenters. The molecule has 1 amide bonds. The summed E-state index contributed by atoms with van der Waals surface area (Å²) < 4.78 is 0. The molecule has 3 heteroatoms. The summed E-state index contributed by atoms with van der Waals surface area (Å²) in [4.78, 5) is 17.6. The number of aromatic amines is 1. The maximum absolute atomic E-state index is 12.5. The van der Waals surface area contributed by atoms with Gasteiger partial charge in [-0.15, -0.1) is 0 Å². The smallest absolute Gasteiger partial charge is 0.253 e. The summed E-state index contributed by atoms with van der Waals surface area (Å²) in [7, 11) is 0. The number of aromatic nitrogens is 1. The van der Waals surface area contributed by atoms with Crippen molar-refractivity contribution >= 4 is 16.8 Å². The van der Waals surface area contributed by atoms with Crippen molar-refractivity contribution in [2.45, 2.75) is 26.2 Å². The third-order valence-corrected chi connectivity index (χ3v) is 4.07. The van der Waals surface area contributed by atoms with Crippen LogP contribution in [0.1, 0.15) is 36.5 Å². The predicted molar refractivity (Wildman–Crippen MR) is 77.2 cm³/mol. The third kappa shape index (κ3) is 2.37. The largest absolute Gasteiger partial charge is 0.361 e. The van der Waals surface area contributed by atoms with Crippen molar-refractivity contribution in [3.05, 3.63) is 36.0 Å². The highest BCUT2D eigenvalue weighted by Crippen LogP contribution is 2.23. The number of amides is 1. The molecule has 1 aromatic carbocycles. The van der Waals surface area contributed by atoms with Gasteiger partial charge in [0.1, 0.15) is 0 Å². The van der Waals surface area contributed by atoms with E-state index in [2.05, 4.69) is 11.9 Å². The molecule has 2 heterocycles. The fraction of sp³-hybridized carbons (Fsp3) is 0.438. The Bertz CT molecular complexity index is 587. The molecule has 3 rings (SSSR count). The topological polar surface area (TPSA) is 36.1 Å². The highest BCUT2D eigenvalue weighted by molar-refractivity contribution is 5.98. The molecule has 1 aliphatic heterocycles. The maximum Gasteiger partial charge on any atom is 0.253 e. The number of hydrogen-bond acceptors (Lipinski definition) is 1. The van der Waals surface area contributed by atoms with E-state index >= 15 is 0 Å². The highest BCUT2D eigenvalue weighted by atomic mass is 16.2. The summed E-state index contributed by atoms with van der Waals surface area (Å²) in [6.07, 6.45) is 5.51. The number of fused-ring (bicyclic) bond motifs is 1. The van der Waals surface area contributed by atoms with Gasteiger partial charge >= 0.3 is 0 Å². The molecule has 1 unspecified atom stereocenters. The van der Waals surface area contributed by atoms with Crippen molar-refractivity contribution in [1.82, 2.24) is 9.88 Å². The first-order chi connectivity index (χ1) is 9.28. The molecule has 19 heavy (non-hydrogen) atoms. The predicted octanol–water partition coefficient (Wildman–Crippen LogP) is 3.43. The summed E-state index contributed by atoms with van der Waals surface area (Å²) in [5, 5.41) is 1.11. The summed E-state index contributed by atoms with van der Waals surface area (Å²) in [6.45, 7) is 4.05. The molecule has 1 N–H and O–H groups in total. The van der Waals surface area contributed by atoms with E-state index in [-0.39, 0.29) is 5.91 Å². The summed E-state index contributed by atoms with van der Waals surface area (Å²) in [5.74, 6) is 0.881. The standard InChI is InChI=1S/C16H20N2O/c1-2-3-12-7-9-18(11-12)16(19)14-4-5-15-13(10-14)6-8-17-15/h4-6,8,10,12,17H,2-3,7,9,11H2,1H3. The van der Waals surface area contributed by atoms with Gasteiger partial charge in [-0.3, -0.25) is 4.79 Å². The third-order valence-electron chi connectivity index (χ3n) is 4.07. The van der Waals surface area contributed by atoms with Crippen LogP contribution in [0.5, 0.6) is 0 Å². The number of likely N-dealkylation sites (tertiary alicyclic amines) is 1. The van der Waals surface area contributed by atoms with Crippen molar-refractivity contribution in [2.75, 3.05) is 13.1 Å². The lowest BCUT2D eigenvalue weighted by atomic mass is 10.0. The fourth-order valence-corrected chi connectivity index (χ4v) is 3.03. The molecule has 1 aromatic heterocycles. The van der Waals surface area contributed by atoms with Crippen LogP contribution in [-0.2, 0) is 0 Å². The first kappa shape index (κ1) is 12.3. The molecule has 0 spiro atoms. The first-order valence-electron chi connectivity index (χ1n) is 7.14. The van der Waals surface area contributed by atoms with Gasteiger partial charge in [0.15, 0.2) is 0 Å². The summed E-state index contributed by atoms with van der Waals surface area (Å²) in [5.41, 5.74) is 1.89. The molecule has 2 aromatic rings. The van der Waals surface area contributed by atoms with Crippen LogP contribution in [0.25, 0.3) is 10.9 Å². The van der Waals surface area contributed by atoms with Crippen molar-refractivity contribution < 1.29 is 4.79 Å². The van der Waals surface area contributed by atoms with Crippen molar-refractivity contribution in [1.29, 1.82) is 0 Å². The second-order valence-corrected chi connectivity index (χ2v) is 5.47. The molecule has 1 fully saturated rings. The molecular formula is C16H20N2O. The Morgan fingerprint density at radius 1 is 1.42 bits per heavy atom. The van der Waals surface area contributed by atoms with Gasteiger partial charge < -0.3 is 9.88 Å². The number of rotatable bonds is 3. The van der Waals surface area contributed by atoms with Crippen molar-refractivity contribution in [3.63, 3.8) is 0 Å². The lowest BCUT2D eigenvalue weighted by Crippen LogP contribution is -2.28. The second-order valence-electron chi connectivity index (χ2n) is 5.47. The van der Waals surface area contributed by atoms with Crippen LogP contribution in [0.2, 0.25) is 0 Å². The molecule has 100 valence electrons. The molecule has 1 saturated heterocycles. The number of carbonyl (C=O) groups excluding carboxylic acids is 1. The Labute approximate surface area is 113 Å². The van der Waals surface area contributed by atoms with Gasteiger partial charge in [-0.25, -0.2) is 0 Å². The summed E-state index contributed by atoms with van der Waals surface area (Å²) >= 11 is 0. The van der Waals surface area contributed by atoms with Gasteiger partial charge in [-0.05, 0) is 43.0 Å². The van der Waals surface area contributed by atoms with E-state index in [4.69, 9.17) is 0 Å². The van der Waals surface area contributed by atoms with Crippen molar-refractivity contribution in [2.24, 2.45) is 5.92 Å². The van der Waals surface area contributed by atoms with E-state index in [0.29, 0.717) is 5.92 Å². The number of carbonyl (C=O) groups is 1. The molecule has 0 saturated carbocycles. The molecule has 0 bridgehead atoms. The second kappa shape index (κ2) is 5.08. The lowest BCUT2D eigenvalue weighted by Gasteiger charge is -2.16. The van der Waals surface area contributed by atoms with E-state index < -0.39 is 0 Å². The maximum atomic E-state index is 12.5. The number of H-pyrrole nitrogens is 1. The SMILES string of the molecule is CCCC1CCN(C(=O)c2ccc3[nH]ccc3c2)C1. The van der Waals surface area contributed by atoms with Gasteiger partial charge in [-0.2, -0.15) is 0 Å². The van der Waals surface area contributed by atoms with E-state index in [1.807, 2.05) is 35.4 Å². The Hall–Kier alpha value is -1.77. The minimum atomic E-state index is 0.182. The number of benzene rings is 1. The van der Waals surface area contributed by atoms with E-state index in [9.17, 15) is 4.79 Å². The highest BCUT2D eigenvalue weighted by Gasteiger charge is 2.26. The number of nitrogens with zero attached hydrogens (tertiary/aromatic N) is 1. The lowest BCUT2D eigenvalue weighted by molar-refractivity contribution is 0.0786. The van der Waals surface area contributed by atoms with Gasteiger partial charge in [-0.1, -0.05) is 13.3 Å². The van der Waals surface area contributed by atoms with Crippen LogP contribution in [0.3, 0.4) is 0 Å². The average Bonchev–Trinajstić information content (AvgIpc) is 3.05. The van der Waals surface area contributed by atoms with Gasteiger partial charge in [0.2, 0.25) is 0 Å². The molecule has 1 aliphatic rings. The molecular weight excluding hydrogens is 236 g/mol. The minimum Gasteiger partial charge on any atom is -0.361 e. The van der Waals surface area contributed by atoms with E-state index in [1.54, 1.807) is 0 Å². The van der Waals surface area contributed by atoms with Crippen LogP contribution >= 0.6 is 0 Å². The Kier molecular flexibility index (Phi) is 3.28. The van der Waals surface area contributed by atoms with Crippen LogP contribution < -0.4 is 0 Å². The summed E-state index contributed by atoms with van der Waals surface area (Å²) in [6, 6.07) is 7.91. The number of hydrogen-bond donors (Lipinski definition) is 1. The number of nitrogens with one attached hydrogen (secondary N) is 1. The van der Waals surface area contributed by atoms with Gasteiger partial charge in [0, 0.05) is 35.8 Å².